The zero-order valence-electron chi connectivity index (χ0n) is 10.8. The first-order valence-corrected chi connectivity index (χ1v) is 7.13. The molecule has 0 fully saturated rings. The first kappa shape index (κ1) is 15.7. The molecule has 8 heteroatoms. The molecule has 0 radical (unpaired) electrons. The summed E-state index contributed by atoms with van der Waals surface area (Å²) >= 11 is 7.15. The summed E-state index contributed by atoms with van der Waals surface area (Å²) in [6.45, 7) is 3.48. The molecular formula is C11H14ClN3O3S. The Hall–Kier alpha value is -1.34. The molecule has 0 aromatic carbocycles. The monoisotopic (exact) mass is 303 g/mol. The maximum Gasteiger partial charge on any atom is 0.328 e. The van der Waals surface area contributed by atoms with Crippen LogP contribution in [0.15, 0.2) is 11.4 Å². The van der Waals surface area contributed by atoms with Crippen molar-refractivity contribution in [2.24, 2.45) is 0 Å². The highest BCUT2D eigenvalue weighted by molar-refractivity contribution is 7.98. The predicted octanol–water partition coefficient (Wildman–Crippen LogP) is 1.53. The van der Waals surface area contributed by atoms with E-state index in [2.05, 4.69) is 15.3 Å². The van der Waals surface area contributed by atoms with Crippen molar-refractivity contribution in [3.8, 4) is 0 Å². The van der Waals surface area contributed by atoms with Crippen LogP contribution in [0.4, 0.5) is 0 Å². The molecule has 0 spiro atoms. The van der Waals surface area contributed by atoms with Crippen molar-refractivity contribution in [1.29, 1.82) is 0 Å². The highest BCUT2D eigenvalue weighted by Gasteiger charge is 2.20. The standard InChI is InChI=1S/C11H14ClN3O3S/c1-4-18-10(17)6(2)14-9(16)8-7(12)5-13-11(15-8)19-3/h5-6H,4H2,1-3H3,(H,14,16). The normalized spacial score (nSPS) is 11.8. The lowest BCUT2D eigenvalue weighted by Crippen LogP contribution is -2.40. The highest BCUT2D eigenvalue weighted by Crippen LogP contribution is 2.16. The number of halogens is 1. The molecule has 19 heavy (non-hydrogen) atoms. The second-order valence-electron chi connectivity index (χ2n) is 3.50. The van der Waals surface area contributed by atoms with E-state index in [4.69, 9.17) is 16.3 Å². The van der Waals surface area contributed by atoms with Crippen LogP contribution in [0.5, 0.6) is 0 Å². The molecule has 1 aromatic rings. The van der Waals surface area contributed by atoms with E-state index in [0.29, 0.717) is 5.16 Å². The van der Waals surface area contributed by atoms with Gasteiger partial charge in [-0.05, 0) is 20.1 Å². The molecule has 0 saturated heterocycles. The maximum atomic E-state index is 11.9. The maximum absolute atomic E-state index is 11.9. The van der Waals surface area contributed by atoms with Crippen molar-refractivity contribution in [2.45, 2.75) is 25.0 Å². The van der Waals surface area contributed by atoms with Gasteiger partial charge in [0.1, 0.15) is 6.04 Å². The first-order valence-electron chi connectivity index (χ1n) is 5.53. The average molecular weight is 304 g/mol. The third-order valence-corrected chi connectivity index (χ3v) is 2.95. The van der Waals surface area contributed by atoms with Crippen LogP contribution < -0.4 is 5.32 Å². The van der Waals surface area contributed by atoms with Gasteiger partial charge >= 0.3 is 5.97 Å². The number of hydrogen-bond acceptors (Lipinski definition) is 6. The predicted molar refractivity (Wildman–Crippen MR) is 72.4 cm³/mol. The molecule has 1 atom stereocenters. The van der Waals surface area contributed by atoms with Crippen molar-refractivity contribution in [3.05, 3.63) is 16.9 Å². The number of nitrogens with one attached hydrogen (secondary N) is 1. The van der Waals surface area contributed by atoms with Crippen LogP contribution in [0.25, 0.3) is 0 Å². The third kappa shape index (κ3) is 4.36. The molecule has 0 aliphatic heterocycles. The molecule has 1 N–H and O–H groups in total. The van der Waals surface area contributed by atoms with E-state index in [1.807, 2.05) is 0 Å². The molecule has 1 rings (SSSR count). The number of rotatable bonds is 5. The summed E-state index contributed by atoms with van der Waals surface area (Å²) in [5.41, 5.74) is 0.0390. The van der Waals surface area contributed by atoms with Gasteiger partial charge in [0.05, 0.1) is 17.8 Å². The second-order valence-corrected chi connectivity index (χ2v) is 4.68. The fourth-order valence-corrected chi connectivity index (χ4v) is 1.72. The Kier molecular flexibility index (Phi) is 6.04. The second kappa shape index (κ2) is 7.30. The Labute approximate surface area is 120 Å². The summed E-state index contributed by atoms with van der Waals surface area (Å²) in [5.74, 6) is -1.05. The quantitative estimate of drug-likeness (QED) is 0.505. The topological polar surface area (TPSA) is 81.2 Å². The number of esters is 1. The summed E-state index contributed by atoms with van der Waals surface area (Å²) in [5, 5.41) is 3.04. The molecule has 1 unspecified atom stereocenters. The molecule has 0 aliphatic carbocycles. The van der Waals surface area contributed by atoms with Crippen LogP contribution in [0, 0.1) is 0 Å². The molecular weight excluding hydrogens is 290 g/mol. The van der Waals surface area contributed by atoms with Crippen LogP contribution in [0.2, 0.25) is 5.02 Å². The van der Waals surface area contributed by atoms with Gasteiger partial charge in [0.2, 0.25) is 0 Å². The van der Waals surface area contributed by atoms with Gasteiger partial charge in [-0.15, -0.1) is 0 Å². The Morgan fingerprint density at radius 2 is 2.26 bits per heavy atom. The lowest BCUT2D eigenvalue weighted by molar-refractivity contribution is -0.144. The fraction of sp³-hybridized carbons (Fsp3) is 0.455. The largest absolute Gasteiger partial charge is 0.464 e. The Morgan fingerprint density at radius 1 is 1.58 bits per heavy atom. The van der Waals surface area contributed by atoms with E-state index in [9.17, 15) is 9.59 Å². The molecule has 1 heterocycles. The van der Waals surface area contributed by atoms with Crippen LogP contribution in [-0.2, 0) is 9.53 Å². The number of thioether (sulfide) groups is 1. The molecule has 0 bridgehead atoms. The van der Waals surface area contributed by atoms with E-state index in [0.717, 1.165) is 0 Å². The number of aromatic nitrogens is 2. The van der Waals surface area contributed by atoms with Crippen LogP contribution in [-0.4, -0.2) is 40.7 Å². The van der Waals surface area contributed by atoms with Crippen LogP contribution in [0.1, 0.15) is 24.3 Å². The van der Waals surface area contributed by atoms with Crippen molar-refractivity contribution >= 4 is 35.2 Å². The molecule has 0 saturated carbocycles. The summed E-state index contributed by atoms with van der Waals surface area (Å²) in [7, 11) is 0. The number of nitrogens with zero attached hydrogens (tertiary/aromatic N) is 2. The van der Waals surface area contributed by atoms with Gasteiger partial charge in [0.15, 0.2) is 10.9 Å². The van der Waals surface area contributed by atoms with Gasteiger partial charge in [-0.2, -0.15) is 0 Å². The van der Waals surface area contributed by atoms with E-state index in [1.54, 1.807) is 13.2 Å². The van der Waals surface area contributed by atoms with E-state index < -0.39 is 17.9 Å². The Morgan fingerprint density at radius 3 is 2.84 bits per heavy atom. The van der Waals surface area contributed by atoms with Gasteiger partial charge in [0, 0.05) is 0 Å². The molecule has 1 amide bonds. The van der Waals surface area contributed by atoms with Gasteiger partial charge in [-0.25, -0.2) is 14.8 Å². The number of hydrogen-bond donors (Lipinski definition) is 1. The van der Waals surface area contributed by atoms with E-state index in [-0.39, 0.29) is 17.3 Å². The SMILES string of the molecule is CCOC(=O)C(C)NC(=O)c1nc(SC)ncc1Cl. The average Bonchev–Trinajstić information content (AvgIpc) is 2.39. The molecule has 1 aromatic heterocycles. The fourth-order valence-electron chi connectivity index (χ4n) is 1.20. The van der Waals surface area contributed by atoms with Crippen molar-refractivity contribution < 1.29 is 14.3 Å². The minimum Gasteiger partial charge on any atom is -0.464 e. The summed E-state index contributed by atoms with van der Waals surface area (Å²) in [6, 6.07) is -0.767. The number of ether oxygens (including phenoxy) is 1. The van der Waals surface area contributed by atoms with E-state index in [1.165, 1.54) is 24.9 Å². The smallest absolute Gasteiger partial charge is 0.328 e. The van der Waals surface area contributed by atoms with Gasteiger partial charge in [0.25, 0.3) is 5.91 Å². The van der Waals surface area contributed by atoms with Crippen molar-refractivity contribution in [1.82, 2.24) is 15.3 Å². The zero-order chi connectivity index (χ0) is 14.4. The minimum atomic E-state index is -0.767. The number of carbonyl (C=O) groups excluding carboxylic acids is 2. The van der Waals surface area contributed by atoms with Crippen molar-refractivity contribution in [2.75, 3.05) is 12.9 Å². The Bertz CT molecular complexity index is 484. The number of carbonyl (C=O) groups is 2. The minimum absolute atomic E-state index is 0.0390. The van der Waals surface area contributed by atoms with Gasteiger partial charge < -0.3 is 10.1 Å². The summed E-state index contributed by atoms with van der Waals surface area (Å²) in [4.78, 5) is 31.3. The highest BCUT2D eigenvalue weighted by atomic mass is 35.5. The molecule has 104 valence electrons. The van der Waals surface area contributed by atoms with Crippen LogP contribution in [0.3, 0.4) is 0 Å². The van der Waals surface area contributed by atoms with Gasteiger partial charge in [-0.1, -0.05) is 23.4 Å². The summed E-state index contributed by atoms with van der Waals surface area (Å²) in [6.07, 6.45) is 3.14. The van der Waals surface area contributed by atoms with Gasteiger partial charge in [-0.3, -0.25) is 4.79 Å². The molecule has 0 aliphatic rings. The first-order chi connectivity index (χ1) is 8.99. The zero-order valence-corrected chi connectivity index (χ0v) is 12.3. The third-order valence-electron chi connectivity index (χ3n) is 2.11. The van der Waals surface area contributed by atoms with E-state index >= 15 is 0 Å². The lowest BCUT2D eigenvalue weighted by Gasteiger charge is -2.12. The van der Waals surface area contributed by atoms with Crippen LogP contribution >= 0.6 is 23.4 Å². The Balaban J connectivity index is 2.80. The molecule has 6 nitrogen and oxygen atoms in total. The van der Waals surface area contributed by atoms with Crippen molar-refractivity contribution in [3.63, 3.8) is 0 Å². The lowest BCUT2D eigenvalue weighted by atomic mass is 10.3. The summed E-state index contributed by atoms with van der Waals surface area (Å²) < 4.78 is 4.79. The number of amides is 1.